The summed E-state index contributed by atoms with van der Waals surface area (Å²) in [6, 6.07) is 7.94. The van der Waals surface area contributed by atoms with Crippen LogP contribution in [0.4, 0.5) is 0 Å². The summed E-state index contributed by atoms with van der Waals surface area (Å²) in [4.78, 5) is 14.4. The van der Waals surface area contributed by atoms with E-state index in [4.69, 9.17) is 5.73 Å². The number of piperidine rings is 1. The van der Waals surface area contributed by atoms with Gasteiger partial charge in [-0.3, -0.25) is 4.79 Å². The van der Waals surface area contributed by atoms with Crippen LogP contribution in [0, 0.1) is 12.3 Å². The second kappa shape index (κ2) is 4.73. The van der Waals surface area contributed by atoms with Crippen LogP contribution in [0.5, 0.6) is 0 Å². The van der Waals surface area contributed by atoms with Crippen LogP contribution in [0.15, 0.2) is 24.3 Å². The van der Waals surface area contributed by atoms with Gasteiger partial charge in [0.1, 0.15) is 0 Å². The van der Waals surface area contributed by atoms with Crippen molar-refractivity contribution in [2.45, 2.75) is 33.2 Å². The third-order valence-corrected chi connectivity index (χ3v) is 3.97. The van der Waals surface area contributed by atoms with Gasteiger partial charge in [-0.1, -0.05) is 32.0 Å². The van der Waals surface area contributed by atoms with E-state index in [2.05, 4.69) is 13.8 Å². The van der Waals surface area contributed by atoms with E-state index in [1.807, 2.05) is 36.1 Å². The summed E-state index contributed by atoms with van der Waals surface area (Å²) in [7, 11) is 0. The van der Waals surface area contributed by atoms with Crippen molar-refractivity contribution in [1.29, 1.82) is 0 Å². The average molecular weight is 246 g/mol. The molecule has 1 atom stereocenters. The molecule has 2 rings (SSSR count). The van der Waals surface area contributed by atoms with Gasteiger partial charge in [0.05, 0.1) is 0 Å². The van der Waals surface area contributed by atoms with Crippen LogP contribution < -0.4 is 5.73 Å². The minimum atomic E-state index is -0.00338. The monoisotopic (exact) mass is 246 g/mol. The number of hydrogen-bond donors (Lipinski definition) is 1. The second-order valence-corrected chi connectivity index (χ2v) is 5.93. The lowest BCUT2D eigenvalue weighted by atomic mass is 9.79. The Morgan fingerprint density at radius 2 is 2.06 bits per heavy atom. The first-order valence-electron chi connectivity index (χ1n) is 6.52. The molecule has 0 spiro atoms. The van der Waals surface area contributed by atoms with Crippen LogP contribution >= 0.6 is 0 Å². The summed E-state index contributed by atoms with van der Waals surface area (Å²) in [6.07, 6.45) is 0.880. The highest BCUT2D eigenvalue weighted by molar-refractivity contribution is 5.95. The number of likely N-dealkylation sites (tertiary alicyclic amines) is 1. The number of amides is 1. The molecule has 0 aliphatic carbocycles. The van der Waals surface area contributed by atoms with Crippen molar-refractivity contribution in [3.8, 4) is 0 Å². The number of aryl methyl sites for hydroxylation is 1. The maximum absolute atomic E-state index is 12.5. The second-order valence-electron chi connectivity index (χ2n) is 5.93. The summed E-state index contributed by atoms with van der Waals surface area (Å²) >= 11 is 0. The van der Waals surface area contributed by atoms with Gasteiger partial charge in [0.15, 0.2) is 0 Å². The third-order valence-electron chi connectivity index (χ3n) is 3.97. The lowest BCUT2D eigenvalue weighted by Gasteiger charge is -2.42. The molecular weight excluding hydrogens is 224 g/mol. The van der Waals surface area contributed by atoms with Crippen LogP contribution in [0.3, 0.4) is 0 Å². The van der Waals surface area contributed by atoms with Gasteiger partial charge in [-0.15, -0.1) is 0 Å². The van der Waals surface area contributed by atoms with Crippen LogP contribution in [0.2, 0.25) is 0 Å². The predicted molar refractivity (Wildman–Crippen MR) is 73.5 cm³/mol. The zero-order chi connectivity index (χ0) is 13.3. The van der Waals surface area contributed by atoms with Gasteiger partial charge >= 0.3 is 0 Å². The zero-order valence-electron chi connectivity index (χ0n) is 11.4. The predicted octanol–water partition coefficient (Wildman–Crippen LogP) is 2.19. The smallest absolute Gasteiger partial charge is 0.254 e. The highest BCUT2D eigenvalue weighted by Crippen LogP contribution is 2.28. The molecule has 1 aromatic rings. The molecule has 1 fully saturated rings. The number of carbonyl (C=O) groups is 1. The number of nitrogens with two attached hydrogens (primary N) is 1. The number of nitrogens with zero attached hydrogens (tertiary/aromatic N) is 1. The van der Waals surface area contributed by atoms with Gasteiger partial charge < -0.3 is 10.6 Å². The SMILES string of the molecule is Cc1ccccc1C(=O)N1CCC(N)C(C)(C)C1. The van der Waals surface area contributed by atoms with E-state index >= 15 is 0 Å². The normalized spacial score (nSPS) is 22.9. The number of carbonyl (C=O) groups excluding carboxylic acids is 1. The van der Waals surface area contributed by atoms with Crippen molar-refractivity contribution >= 4 is 5.91 Å². The van der Waals surface area contributed by atoms with E-state index in [9.17, 15) is 4.79 Å². The van der Waals surface area contributed by atoms with E-state index in [0.717, 1.165) is 30.6 Å². The Balaban J connectivity index is 2.18. The van der Waals surface area contributed by atoms with Crippen molar-refractivity contribution in [3.05, 3.63) is 35.4 Å². The Morgan fingerprint density at radius 3 is 2.67 bits per heavy atom. The van der Waals surface area contributed by atoms with Gasteiger partial charge in [-0.2, -0.15) is 0 Å². The summed E-state index contributed by atoms with van der Waals surface area (Å²) in [5.41, 5.74) is 7.95. The molecule has 1 aliphatic heterocycles. The van der Waals surface area contributed by atoms with Crippen molar-refractivity contribution in [1.82, 2.24) is 4.90 Å². The molecule has 0 bridgehead atoms. The molecule has 3 nitrogen and oxygen atoms in total. The molecular formula is C15H22N2O. The van der Waals surface area contributed by atoms with Crippen LogP contribution in [-0.2, 0) is 0 Å². The topological polar surface area (TPSA) is 46.3 Å². The van der Waals surface area contributed by atoms with E-state index in [-0.39, 0.29) is 17.4 Å². The molecule has 1 heterocycles. The van der Waals surface area contributed by atoms with Gasteiger partial charge in [0, 0.05) is 24.7 Å². The first-order valence-corrected chi connectivity index (χ1v) is 6.52. The zero-order valence-corrected chi connectivity index (χ0v) is 11.4. The summed E-state index contributed by atoms with van der Waals surface area (Å²) in [5.74, 6) is 0.132. The Kier molecular flexibility index (Phi) is 3.44. The molecule has 1 saturated heterocycles. The van der Waals surface area contributed by atoms with E-state index < -0.39 is 0 Å². The Morgan fingerprint density at radius 1 is 1.39 bits per heavy atom. The van der Waals surface area contributed by atoms with Gasteiger partial charge in [0.2, 0.25) is 0 Å². The molecule has 18 heavy (non-hydrogen) atoms. The fraction of sp³-hybridized carbons (Fsp3) is 0.533. The Labute approximate surface area is 109 Å². The fourth-order valence-corrected chi connectivity index (χ4v) is 2.53. The van der Waals surface area contributed by atoms with Crippen LogP contribution in [0.1, 0.15) is 36.2 Å². The average Bonchev–Trinajstić information content (AvgIpc) is 2.32. The Bertz CT molecular complexity index is 454. The number of benzene rings is 1. The largest absolute Gasteiger partial charge is 0.338 e. The highest BCUT2D eigenvalue weighted by atomic mass is 16.2. The molecule has 1 amide bonds. The molecule has 1 aliphatic rings. The molecule has 1 aromatic carbocycles. The van der Waals surface area contributed by atoms with Gasteiger partial charge in [-0.25, -0.2) is 0 Å². The van der Waals surface area contributed by atoms with Crippen molar-refractivity contribution in [2.24, 2.45) is 11.1 Å². The molecule has 0 saturated carbocycles. The van der Waals surface area contributed by atoms with E-state index in [1.54, 1.807) is 0 Å². The van der Waals surface area contributed by atoms with E-state index in [1.165, 1.54) is 0 Å². The highest BCUT2D eigenvalue weighted by Gasteiger charge is 2.35. The van der Waals surface area contributed by atoms with Crippen LogP contribution in [-0.4, -0.2) is 29.9 Å². The number of hydrogen-bond acceptors (Lipinski definition) is 2. The summed E-state index contributed by atoms with van der Waals surface area (Å²) < 4.78 is 0. The minimum Gasteiger partial charge on any atom is -0.338 e. The minimum absolute atomic E-state index is 0.00338. The summed E-state index contributed by atoms with van der Waals surface area (Å²) in [5, 5.41) is 0. The standard InChI is InChI=1S/C15H22N2O/c1-11-6-4-5-7-12(11)14(18)17-9-8-13(16)15(2,3)10-17/h4-7,13H,8-10,16H2,1-3H3. The first kappa shape index (κ1) is 13.1. The van der Waals surface area contributed by atoms with Gasteiger partial charge in [0.25, 0.3) is 5.91 Å². The maximum atomic E-state index is 12.5. The quantitative estimate of drug-likeness (QED) is 0.825. The van der Waals surface area contributed by atoms with Crippen molar-refractivity contribution in [2.75, 3.05) is 13.1 Å². The number of rotatable bonds is 1. The lowest BCUT2D eigenvalue weighted by Crippen LogP contribution is -2.54. The molecule has 3 heteroatoms. The maximum Gasteiger partial charge on any atom is 0.254 e. The molecule has 2 N–H and O–H groups in total. The molecule has 0 aromatic heterocycles. The van der Waals surface area contributed by atoms with Crippen LogP contribution in [0.25, 0.3) is 0 Å². The fourth-order valence-electron chi connectivity index (χ4n) is 2.53. The molecule has 1 unspecified atom stereocenters. The third kappa shape index (κ3) is 2.41. The summed E-state index contributed by atoms with van der Waals surface area (Å²) in [6.45, 7) is 7.75. The van der Waals surface area contributed by atoms with E-state index in [0.29, 0.717) is 0 Å². The lowest BCUT2D eigenvalue weighted by molar-refractivity contribution is 0.0532. The van der Waals surface area contributed by atoms with Crippen molar-refractivity contribution < 1.29 is 4.79 Å². The van der Waals surface area contributed by atoms with Gasteiger partial charge in [-0.05, 0) is 30.4 Å². The Hall–Kier alpha value is -1.35. The molecule has 0 radical (unpaired) electrons. The first-order chi connectivity index (χ1) is 8.42. The van der Waals surface area contributed by atoms with Crippen molar-refractivity contribution in [3.63, 3.8) is 0 Å². The molecule has 98 valence electrons.